The number of carbonyl (C=O) groups excluding carboxylic acids is 1. The van der Waals surface area contributed by atoms with Crippen LogP contribution in [0.4, 0.5) is 11.4 Å². The smallest absolute Gasteiger partial charge is 0.289 e. The van der Waals surface area contributed by atoms with Gasteiger partial charge >= 0.3 is 10.5 Å². The zero-order valence-corrected chi connectivity index (χ0v) is 16.8. The van der Waals surface area contributed by atoms with E-state index in [4.69, 9.17) is 0 Å². The van der Waals surface area contributed by atoms with Crippen molar-refractivity contribution in [2.24, 2.45) is 20.2 Å². The van der Waals surface area contributed by atoms with Crippen LogP contribution in [0.15, 0.2) is 56.9 Å². The van der Waals surface area contributed by atoms with Crippen LogP contribution >= 0.6 is 0 Å². The molecule has 0 saturated carbocycles. The quantitative estimate of drug-likeness (QED) is 0.687. The fourth-order valence-electron chi connectivity index (χ4n) is 2.65. The minimum atomic E-state index is -2.56. The Labute approximate surface area is 156 Å². The van der Waals surface area contributed by atoms with Gasteiger partial charge in [0.1, 0.15) is 5.69 Å². The molecule has 0 N–H and O–H groups in total. The summed E-state index contributed by atoms with van der Waals surface area (Å²) in [4.78, 5) is 17.5. The molecule has 0 radical (unpaired) electrons. The molecule has 1 aromatic carbocycles. The Balaban J connectivity index is 2.69. The van der Waals surface area contributed by atoms with Crippen molar-refractivity contribution in [3.8, 4) is 0 Å². The second-order valence-corrected chi connectivity index (χ2v) is 8.90. The van der Waals surface area contributed by atoms with Crippen molar-refractivity contribution in [2.45, 2.75) is 41.5 Å². The average Bonchev–Trinajstić information content (AvgIpc) is 2.48. The summed E-state index contributed by atoms with van der Waals surface area (Å²) in [5.74, 6) is 0.0302. The van der Waals surface area contributed by atoms with E-state index in [1.54, 1.807) is 36.4 Å². The van der Waals surface area contributed by atoms with E-state index in [-0.39, 0.29) is 22.3 Å². The maximum absolute atomic E-state index is 12.9. The van der Waals surface area contributed by atoms with Gasteiger partial charge in [0.2, 0.25) is 0 Å². The molecule has 0 spiro atoms. The summed E-state index contributed by atoms with van der Waals surface area (Å²) in [6.45, 7) is 11.9. The second kappa shape index (κ2) is 7.11. The highest BCUT2D eigenvalue weighted by atomic mass is 32.2. The Morgan fingerprint density at radius 1 is 0.808 bits per heavy atom. The molecule has 0 aromatic heterocycles. The van der Waals surface area contributed by atoms with E-state index in [0.717, 1.165) is 0 Å². The molecule has 0 amide bonds. The Bertz CT molecular complexity index is 923. The van der Waals surface area contributed by atoms with Crippen LogP contribution in [0.5, 0.6) is 0 Å². The van der Waals surface area contributed by atoms with Gasteiger partial charge in [-0.3, -0.25) is 4.79 Å². The summed E-state index contributed by atoms with van der Waals surface area (Å²) in [6, 6.07) is 6.76. The van der Waals surface area contributed by atoms with Crippen LogP contribution in [-0.2, 0) is 15.3 Å². The minimum Gasteiger partial charge on any atom is -0.289 e. The Hall–Kier alpha value is -2.34. The van der Waals surface area contributed by atoms with Gasteiger partial charge in [-0.2, -0.15) is 8.42 Å². The van der Waals surface area contributed by atoms with Crippen molar-refractivity contribution in [1.82, 2.24) is 0 Å². The summed E-state index contributed by atoms with van der Waals surface area (Å²) in [6.07, 6.45) is 3.56. The van der Waals surface area contributed by atoms with Gasteiger partial charge < -0.3 is 0 Å². The van der Waals surface area contributed by atoms with Crippen LogP contribution in [0, 0.1) is 10.8 Å². The molecule has 0 saturated heterocycles. The molecular weight excluding hydrogens is 348 g/mol. The number of rotatable bonds is 2. The number of allylic oxidation sites excluding steroid dienone is 4. The van der Waals surface area contributed by atoms with E-state index in [2.05, 4.69) is 9.36 Å². The van der Waals surface area contributed by atoms with Crippen LogP contribution in [0.2, 0.25) is 0 Å². The van der Waals surface area contributed by atoms with Crippen LogP contribution in [0.25, 0.3) is 0 Å². The van der Waals surface area contributed by atoms with Crippen molar-refractivity contribution in [3.05, 3.63) is 47.6 Å². The summed E-state index contributed by atoms with van der Waals surface area (Å²) >= 11 is 0. The lowest BCUT2D eigenvalue weighted by Gasteiger charge is -2.31. The number of nitrogens with zero attached hydrogens (tertiary/aromatic N) is 2. The van der Waals surface area contributed by atoms with Gasteiger partial charge in [-0.05, 0) is 35.1 Å². The van der Waals surface area contributed by atoms with Gasteiger partial charge in [0, 0.05) is 11.1 Å². The van der Waals surface area contributed by atoms with E-state index < -0.39 is 10.5 Å². The van der Waals surface area contributed by atoms with Gasteiger partial charge in [-0.1, -0.05) is 53.7 Å². The molecule has 0 heterocycles. The number of Topliss-reactive ketones (excluding diaryl/α,β-unsaturated/α-hetero) is 1. The Morgan fingerprint density at radius 3 is 1.69 bits per heavy atom. The zero-order chi connectivity index (χ0) is 19.7. The largest absolute Gasteiger partial charge is 0.316 e. The maximum Gasteiger partial charge on any atom is 0.316 e. The number of aliphatic imine (C=N–C) groups is 1. The normalized spacial score (nSPS) is 15.3. The molecule has 0 unspecified atom stereocenters. The number of para-hydroxylation sites is 1. The monoisotopic (exact) mass is 372 g/mol. The second-order valence-electron chi connectivity index (χ2n) is 8.28. The molecule has 1 aliphatic carbocycles. The molecule has 0 aliphatic heterocycles. The minimum absolute atomic E-state index is 0.0302. The predicted molar refractivity (Wildman–Crippen MR) is 105 cm³/mol. The summed E-state index contributed by atoms with van der Waals surface area (Å²) < 4.78 is 25.5. The first kappa shape index (κ1) is 20.0. The lowest BCUT2D eigenvalue weighted by molar-refractivity contribution is -0.114. The molecule has 0 bridgehead atoms. The summed E-state index contributed by atoms with van der Waals surface area (Å²) in [7, 11) is -2.56. The number of carbonyl (C=O) groups is 1. The Morgan fingerprint density at radius 2 is 1.27 bits per heavy atom. The third-order valence-corrected chi connectivity index (χ3v) is 4.34. The first-order valence-corrected chi connectivity index (χ1v) is 9.40. The standard InChI is InChI=1S/C20H24N2O3S/c1-19(2,3)14-11-13(12-15(18(14)23)20(4,5)6)21-16-9-7-8-10-17(16)22-26(24)25/h7-12H,1-6H3. The van der Waals surface area contributed by atoms with Gasteiger partial charge in [-0.25, -0.2) is 4.99 Å². The van der Waals surface area contributed by atoms with Crippen molar-refractivity contribution in [1.29, 1.82) is 0 Å². The fraction of sp³-hybridized carbons (Fsp3) is 0.400. The first-order chi connectivity index (χ1) is 11.9. The lowest BCUT2D eigenvalue weighted by Crippen LogP contribution is -2.29. The van der Waals surface area contributed by atoms with Crippen LogP contribution < -0.4 is 0 Å². The molecule has 6 heteroatoms. The molecule has 1 aliphatic rings. The maximum atomic E-state index is 12.9. The van der Waals surface area contributed by atoms with Crippen molar-refractivity contribution >= 4 is 33.4 Å². The van der Waals surface area contributed by atoms with Gasteiger partial charge in [0.15, 0.2) is 5.78 Å². The van der Waals surface area contributed by atoms with Crippen LogP contribution in [0.1, 0.15) is 41.5 Å². The fourth-order valence-corrected chi connectivity index (χ4v) is 2.96. The molecule has 0 atom stereocenters. The Kier molecular flexibility index (Phi) is 5.47. The van der Waals surface area contributed by atoms with Gasteiger partial charge in [0.25, 0.3) is 0 Å². The number of hydrogen-bond acceptors (Lipinski definition) is 5. The topological polar surface area (TPSA) is 75.9 Å². The highest BCUT2D eigenvalue weighted by molar-refractivity contribution is 7.61. The predicted octanol–water partition coefficient (Wildman–Crippen LogP) is 4.98. The van der Waals surface area contributed by atoms with E-state index >= 15 is 0 Å². The molecule has 1 aromatic rings. The highest BCUT2D eigenvalue weighted by Crippen LogP contribution is 2.38. The number of benzene rings is 1. The molecule has 26 heavy (non-hydrogen) atoms. The zero-order valence-electron chi connectivity index (χ0n) is 16.0. The average molecular weight is 372 g/mol. The van der Waals surface area contributed by atoms with E-state index in [1.807, 2.05) is 41.5 Å². The lowest BCUT2D eigenvalue weighted by atomic mass is 9.72. The SMILES string of the molecule is CC(C)(C)C1=CC(=Nc2ccccc2N=S(=O)=O)C=C(C(C)(C)C)C1=O. The van der Waals surface area contributed by atoms with E-state index in [9.17, 15) is 13.2 Å². The molecular formula is C20H24N2O3S. The molecule has 138 valence electrons. The van der Waals surface area contributed by atoms with Crippen molar-refractivity contribution < 1.29 is 13.2 Å². The third-order valence-electron chi connectivity index (χ3n) is 3.99. The van der Waals surface area contributed by atoms with Crippen LogP contribution in [0.3, 0.4) is 0 Å². The molecule has 2 rings (SSSR count). The van der Waals surface area contributed by atoms with Crippen LogP contribution in [-0.4, -0.2) is 19.9 Å². The molecule has 5 nitrogen and oxygen atoms in total. The number of hydrogen-bond donors (Lipinski definition) is 0. The van der Waals surface area contributed by atoms with Crippen molar-refractivity contribution in [2.75, 3.05) is 0 Å². The number of ketones is 1. The van der Waals surface area contributed by atoms with E-state index in [1.165, 1.54) is 0 Å². The van der Waals surface area contributed by atoms with Gasteiger partial charge in [0.05, 0.1) is 11.4 Å². The highest BCUT2D eigenvalue weighted by Gasteiger charge is 2.34. The third kappa shape index (κ3) is 4.64. The van der Waals surface area contributed by atoms with Gasteiger partial charge in [-0.15, -0.1) is 4.36 Å². The summed E-state index contributed by atoms with van der Waals surface area (Å²) in [5.41, 5.74) is 2.03. The van der Waals surface area contributed by atoms with E-state index in [0.29, 0.717) is 22.5 Å². The van der Waals surface area contributed by atoms with Crippen molar-refractivity contribution in [3.63, 3.8) is 0 Å². The molecule has 0 fully saturated rings. The summed E-state index contributed by atoms with van der Waals surface area (Å²) in [5, 5.41) is 0. The first-order valence-electron chi connectivity index (χ1n) is 8.37.